The molecule has 0 saturated carbocycles. The predicted octanol–water partition coefficient (Wildman–Crippen LogP) is 2.05. The zero-order valence-corrected chi connectivity index (χ0v) is 16.3. The molecule has 0 bridgehead atoms. The van der Waals surface area contributed by atoms with E-state index in [4.69, 9.17) is 4.52 Å². The van der Waals surface area contributed by atoms with Crippen molar-refractivity contribution in [3.05, 3.63) is 46.3 Å². The number of hydrogen-bond acceptors (Lipinski definition) is 5. The van der Waals surface area contributed by atoms with Gasteiger partial charge in [0.05, 0.1) is 0 Å². The first kappa shape index (κ1) is 18.6. The van der Waals surface area contributed by atoms with Crippen LogP contribution in [0, 0.1) is 27.7 Å². The van der Waals surface area contributed by atoms with E-state index in [1.54, 1.807) is 18.7 Å². The highest BCUT2D eigenvalue weighted by molar-refractivity contribution is 7.89. The van der Waals surface area contributed by atoms with Crippen molar-refractivity contribution in [2.45, 2.75) is 32.6 Å². The topological polar surface area (TPSA) is 83.7 Å². The van der Waals surface area contributed by atoms with Gasteiger partial charge in [-0.05, 0) is 51.0 Å². The van der Waals surface area contributed by atoms with Crippen molar-refractivity contribution in [2.75, 3.05) is 26.2 Å². The zero-order chi connectivity index (χ0) is 19.1. The van der Waals surface area contributed by atoms with E-state index in [0.29, 0.717) is 24.3 Å². The first-order valence-electron chi connectivity index (χ1n) is 8.51. The van der Waals surface area contributed by atoms with Crippen molar-refractivity contribution in [1.82, 2.24) is 14.4 Å². The Labute approximate surface area is 153 Å². The van der Waals surface area contributed by atoms with Crippen LogP contribution < -0.4 is 0 Å². The molecule has 26 heavy (non-hydrogen) atoms. The van der Waals surface area contributed by atoms with Crippen molar-refractivity contribution >= 4 is 15.9 Å². The molecule has 7 nitrogen and oxygen atoms in total. The Morgan fingerprint density at radius 3 is 2.23 bits per heavy atom. The van der Waals surface area contributed by atoms with Gasteiger partial charge in [-0.15, -0.1) is 0 Å². The molecule has 1 amide bonds. The number of benzene rings is 1. The fourth-order valence-corrected chi connectivity index (χ4v) is 4.87. The molecule has 0 atom stereocenters. The maximum absolute atomic E-state index is 12.8. The summed E-state index contributed by atoms with van der Waals surface area (Å²) in [6.45, 7) is 8.39. The smallest absolute Gasteiger partial charge is 0.253 e. The normalized spacial score (nSPS) is 16.1. The highest BCUT2D eigenvalue weighted by atomic mass is 32.2. The fourth-order valence-electron chi connectivity index (χ4n) is 3.16. The third kappa shape index (κ3) is 3.26. The van der Waals surface area contributed by atoms with E-state index < -0.39 is 10.0 Å². The van der Waals surface area contributed by atoms with Crippen LogP contribution >= 0.6 is 0 Å². The number of amides is 1. The van der Waals surface area contributed by atoms with Gasteiger partial charge in [0.1, 0.15) is 10.6 Å². The second-order valence-electron chi connectivity index (χ2n) is 6.65. The number of aryl methyl sites for hydroxylation is 4. The van der Waals surface area contributed by atoms with Gasteiger partial charge in [0, 0.05) is 31.7 Å². The van der Waals surface area contributed by atoms with Gasteiger partial charge in [-0.1, -0.05) is 11.2 Å². The first-order valence-corrected chi connectivity index (χ1v) is 9.95. The van der Waals surface area contributed by atoms with Gasteiger partial charge in [0.25, 0.3) is 5.91 Å². The Kier molecular flexibility index (Phi) is 4.90. The molecule has 140 valence electrons. The predicted molar refractivity (Wildman–Crippen MR) is 96.6 cm³/mol. The molecule has 2 aromatic rings. The molecule has 1 fully saturated rings. The van der Waals surface area contributed by atoms with Gasteiger partial charge >= 0.3 is 0 Å². The summed E-state index contributed by atoms with van der Waals surface area (Å²) in [7, 11) is -3.67. The van der Waals surface area contributed by atoms with E-state index in [9.17, 15) is 13.2 Å². The molecule has 2 heterocycles. The second-order valence-corrected chi connectivity index (χ2v) is 8.52. The molecular formula is C18H23N3O4S. The molecule has 1 aromatic heterocycles. The highest BCUT2D eigenvalue weighted by Gasteiger charge is 2.34. The van der Waals surface area contributed by atoms with Crippen LogP contribution in [0.4, 0.5) is 0 Å². The SMILES string of the molecule is Cc1ccc(C(=O)N2CCN(S(=O)(=O)c3c(C)noc3C)CC2)cc1C. The van der Waals surface area contributed by atoms with Crippen LogP contribution in [0.3, 0.4) is 0 Å². The lowest BCUT2D eigenvalue weighted by atomic mass is 10.1. The standard InChI is InChI=1S/C18H23N3O4S/c1-12-5-6-16(11-13(12)2)18(22)20-7-9-21(10-8-20)26(23,24)17-14(3)19-25-15(17)4/h5-6,11H,7-10H2,1-4H3. The lowest BCUT2D eigenvalue weighted by Crippen LogP contribution is -2.50. The van der Waals surface area contributed by atoms with Crippen LogP contribution in [0.2, 0.25) is 0 Å². The van der Waals surface area contributed by atoms with E-state index in [2.05, 4.69) is 5.16 Å². The molecular weight excluding hydrogens is 354 g/mol. The van der Waals surface area contributed by atoms with Crippen molar-refractivity contribution in [2.24, 2.45) is 0 Å². The number of sulfonamides is 1. The maximum Gasteiger partial charge on any atom is 0.253 e. The summed E-state index contributed by atoms with van der Waals surface area (Å²) >= 11 is 0. The Hall–Kier alpha value is -2.19. The number of aromatic nitrogens is 1. The van der Waals surface area contributed by atoms with Crippen molar-refractivity contribution in [3.8, 4) is 0 Å². The molecule has 3 rings (SSSR count). The van der Waals surface area contributed by atoms with Crippen LogP contribution in [0.25, 0.3) is 0 Å². The van der Waals surface area contributed by atoms with Crippen LogP contribution in [0.5, 0.6) is 0 Å². The molecule has 1 aromatic carbocycles. The molecule has 0 spiro atoms. The molecule has 0 aliphatic carbocycles. The van der Waals surface area contributed by atoms with E-state index >= 15 is 0 Å². The molecule has 1 saturated heterocycles. The summed E-state index contributed by atoms with van der Waals surface area (Å²) in [6.07, 6.45) is 0. The zero-order valence-electron chi connectivity index (χ0n) is 15.4. The molecule has 8 heteroatoms. The van der Waals surface area contributed by atoms with Crippen molar-refractivity contribution in [1.29, 1.82) is 0 Å². The van der Waals surface area contributed by atoms with Gasteiger partial charge in [0.15, 0.2) is 5.76 Å². The number of rotatable bonds is 3. The van der Waals surface area contributed by atoms with Crippen LogP contribution in [-0.4, -0.2) is 54.9 Å². The van der Waals surface area contributed by atoms with Gasteiger partial charge in [-0.3, -0.25) is 4.79 Å². The average molecular weight is 377 g/mol. The van der Waals surface area contributed by atoms with Crippen LogP contribution in [0.15, 0.2) is 27.6 Å². The van der Waals surface area contributed by atoms with Crippen LogP contribution in [-0.2, 0) is 10.0 Å². The summed E-state index contributed by atoms with van der Waals surface area (Å²) in [5.74, 6) is 0.221. The largest absolute Gasteiger partial charge is 0.360 e. The number of nitrogens with zero attached hydrogens (tertiary/aromatic N) is 3. The minimum atomic E-state index is -3.67. The Morgan fingerprint density at radius 2 is 1.69 bits per heavy atom. The number of carbonyl (C=O) groups is 1. The lowest BCUT2D eigenvalue weighted by molar-refractivity contribution is 0.0697. The average Bonchev–Trinajstić information content (AvgIpc) is 2.96. The summed E-state index contributed by atoms with van der Waals surface area (Å²) in [4.78, 5) is 14.5. The van der Waals surface area contributed by atoms with Gasteiger partial charge in [0.2, 0.25) is 10.0 Å². The fraction of sp³-hybridized carbons (Fsp3) is 0.444. The monoisotopic (exact) mass is 377 g/mol. The summed E-state index contributed by atoms with van der Waals surface area (Å²) in [6, 6.07) is 5.63. The number of hydrogen-bond donors (Lipinski definition) is 0. The van der Waals surface area contributed by atoms with E-state index in [1.165, 1.54) is 4.31 Å². The highest BCUT2D eigenvalue weighted by Crippen LogP contribution is 2.24. The minimum Gasteiger partial charge on any atom is -0.360 e. The molecule has 0 unspecified atom stereocenters. The summed E-state index contributed by atoms with van der Waals surface area (Å²) in [5, 5.41) is 3.73. The van der Waals surface area contributed by atoms with E-state index in [0.717, 1.165) is 11.1 Å². The maximum atomic E-state index is 12.8. The minimum absolute atomic E-state index is 0.0671. The molecule has 0 N–H and O–H groups in total. The summed E-state index contributed by atoms with van der Waals surface area (Å²) in [5.41, 5.74) is 3.19. The first-order chi connectivity index (χ1) is 12.2. The quantitative estimate of drug-likeness (QED) is 0.817. The molecule has 0 radical (unpaired) electrons. The van der Waals surface area contributed by atoms with E-state index in [-0.39, 0.29) is 29.7 Å². The van der Waals surface area contributed by atoms with Gasteiger partial charge in [-0.25, -0.2) is 8.42 Å². The Bertz CT molecular complexity index is 922. The van der Waals surface area contributed by atoms with E-state index in [1.807, 2.05) is 32.0 Å². The van der Waals surface area contributed by atoms with Crippen LogP contribution in [0.1, 0.15) is 32.9 Å². The third-order valence-corrected chi connectivity index (χ3v) is 6.99. The van der Waals surface area contributed by atoms with Crippen molar-refractivity contribution < 1.29 is 17.7 Å². The number of carbonyl (C=O) groups excluding carboxylic acids is 1. The Morgan fingerprint density at radius 1 is 1.04 bits per heavy atom. The lowest BCUT2D eigenvalue weighted by Gasteiger charge is -2.34. The third-order valence-electron chi connectivity index (χ3n) is 4.85. The second kappa shape index (κ2) is 6.85. The number of piperazine rings is 1. The molecule has 1 aliphatic rings. The van der Waals surface area contributed by atoms with Gasteiger partial charge in [-0.2, -0.15) is 4.31 Å². The van der Waals surface area contributed by atoms with Crippen molar-refractivity contribution in [3.63, 3.8) is 0 Å². The Balaban J connectivity index is 1.73. The van der Waals surface area contributed by atoms with Gasteiger partial charge < -0.3 is 9.42 Å². The summed E-state index contributed by atoms with van der Waals surface area (Å²) < 4.78 is 32.1. The molecule has 1 aliphatic heterocycles.